The van der Waals surface area contributed by atoms with Gasteiger partial charge in [0.25, 0.3) is 5.91 Å². The molecule has 0 saturated heterocycles. The number of rotatable bonds is 5. The number of amides is 1. The number of hydrogen-bond donors (Lipinski definition) is 1. The van der Waals surface area contributed by atoms with Crippen LogP contribution < -0.4 is 14.8 Å². The summed E-state index contributed by atoms with van der Waals surface area (Å²) in [7, 11) is 3.12. The molecule has 4 nitrogen and oxygen atoms in total. The Morgan fingerprint density at radius 1 is 1.10 bits per heavy atom. The van der Waals surface area contributed by atoms with Crippen molar-refractivity contribution in [3.8, 4) is 11.5 Å². The molecule has 5 heteroatoms. The minimum absolute atomic E-state index is 0.211. The molecule has 0 saturated carbocycles. The van der Waals surface area contributed by atoms with E-state index in [1.807, 2.05) is 6.07 Å². The average molecular weight is 306 g/mol. The number of nitrogens with one attached hydrogen (secondary N) is 1. The van der Waals surface area contributed by atoms with Crippen molar-refractivity contribution in [2.24, 2.45) is 0 Å². The van der Waals surface area contributed by atoms with E-state index in [0.29, 0.717) is 28.6 Å². The fourth-order valence-electron chi connectivity index (χ4n) is 1.88. The van der Waals surface area contributed by atoms with E-state index in [2.05, 4.69) is 5.32 Å². The molecule has 1 N–H and O–H groups in total. The first-order chi connectivity index (χ1) is 10.2. The van der Waals surface area contributed by atoms with Gasteiger partial charge in [0.05, 0.1) is 14.2 Å². The quantitative estimate of drug-likeness (QED) is 0.857. The monoisotopic (exact) mass is 305 g/mol. The van der Waals surface area contributed by atoms with Crippen molar-refractivity contribution in [3.63, 3.8) is 0 Å². The van der Waals surface area contributed by atoms with E-state index >= 15 is 0 Å². The average Bonchev–Trinajstić information content (AvgIpc) is 2.54. The van der Waals surface area contributed by atoms with Crippen LogP contribution in [0.15, 0.2) is 42.5 Å². The van der Waals surface area contributed by atoms with Crippen LogP contribution in [0.1, 0.15) is 15.9 Å². The minimum atomic E-state index is -0.211. The Labute approximate surface area is 128 Å². The van der Waals surface area contributed by atoms with Gasteiger partial charge in [0.2, 0.25) is 0 Å². The summed E-state index contributed by atoms with van der Waals surface area (Å²) >= 11 is 5.78. The molecule has 0 radical (unpaired) electrons. The highest BCUT2D eigenvalue weighted by molar-refractivity contribution is 6.17. The molecule has 0 bridgehead atoms. The molecule has 0 atom stereocenters. The second-order valence-electron chi connectivity index (χ2n) is 4.39. The number of ether oxygens (including phenoxy) is 2. The van der Waals surface area contributed by atoms with Gasteiger partial charge in [-0.1, -0.05) is 12.1 Å². The third-order valence-electron chi connectivity index (χ3n) is 2.95. The van der Waals surface area contributed by atoms with Gasteiger partial charge in [0.1, 0.15) is 11.5 Å². The smallest absolute Gasteiger partial charge is 0.255 e. The van der Waals surface area contributed by atoms with Gasteiger partial charge >= 0.3 is 0 Å². The van der Waals surface area contributed by atoms with Crippen LogP contribution >= 0.6 is 11.6 Å². The van der Waals surface area contributed by atoms with E-state index in [-0.39, 0.29) is 5.91 Å². The highest BCUT2D eigenvalue weighted by Gasteiger charge is 2.09. The van der Waals surface area contributed by atoms with Crippen molar-refractivity contribution in [3.05, 3.63) is 53.6 Å². The maximum atomic E-state index is 12.2. The second-order valence-corrected chi connectivity index (χ2v) is 4.66. The molecule has 0 spiro atoms. The van der Waals surface area contributed by atoms with E-state index in [9.17, 15) is 4.79 Å². The summed E-state index contributed by atoms with van der Waals surface area (Å²) in [6.07, 6.45) is 0. The van der Waals surface area contributed by atoms with Crippen molar-refractivity contribution in [1.82, 2.24) is 0 Å². The number of benzene rings is 2. The van der Waals surface area contributed by atoms with Gasteiger partial charge in [-0.05, 0) is 17.7 Å². The molecular weight excluding hydrogens is 290 g/mol. The zero-order valence-corrected chi connectivity index (χ0v) is 12.6. The molecule has 2 aromatic rings. The van der Waals surface area contributed by atoms with Gasteiger partial charge in [-0.3, -0.25) is 4.79 Å². The van der Waals surface area contributed by atoms with Crippen molar-refractivity contribution >= 4 is 23.2 Å². The highest BCUT2D eigenvalue weighted by atomic mass is 35.5. The molecule has 0 aliphatic heterocycles. The SMILES string of the molecule is COc1cc(NC(=O)c2cccc(CCl)c2)cc(OC)c1. The van der Waals surface area contributed by atoms with Crippen LogP contribution in [0, 0.1) is 0 Å². The zero-order chi connectivity index (χ0) is 15.2. The molecule has 110 valence electrons. The first-order valence-electron chi connectivity index (χ1n) is 6.35. The summed E-state index contributed by atoms with van der Waals surface area (Å²) in [6, 6.07) is 12.4. The first kappa shape index (κ1) is 15.2. The first-order valence-corrected chi connectivity index (χ1v) is 6.89. The van der Waals surface area contributed by atoms with Crippen LogP contribution in [0.25, 0.3) is 0 Å². The normalized spacial score (nSPS) is 10.0. The molecule has 2 aromatic carbocycles. The van der Waals surface area contributed by atoms with Gasteiger partial charge in [-0.15, -0.1) is 11.6 Å². The third kappa shape index (κ3) is 3.89. The molecule has 1 amide bonds. The molecule has 0 aliphatic carbocycles. The molecular formula is C16H16ClNO3. The summed E-state index contributed by atoms with van der Waals surface area (Å²) in [5.41, 5.74) is 2.05. The Bertz CT molecular complexity index is 621. The Balaban J connectivity index is 2.22. The number of anilines is 1. The van der Waals surface area contributed by atoms with Crippen LogP contribution in [-0.4, -0.2) is 20.1 Å². The number of alkyl halides is 1. The molecule has 2 rings (SSSR count). The lowest BCUT2D eigenvalue weighted by Crippen LogP contribution is -2.12. The largest absolute Gasteiger partial charge is 0.497 e. The topological polar surface area (TPSA) is 47.6 Å². The van der Waals surface area contributed by atoms with Gasteiger partial charge in [-0.25, -0.2) is 0 Å². The van der Waals surface area contributed by atoms with Gasteiger partial charge < -0.3 is 14.8 Å². The number of carbonyl (C=O) groups is 1. The zero-order valence-electron chi connectivity index (χ0n) is 11.9. The van der Waals surface area contributed by atoms with Gasteiger partial charge in [-0.2, -0.15) is 0 Å². The lowest BCUT2D eigenvalue weighted by Gasteiger charge is -2.10. The standard InChI is InChI=1S/C16H16ClNO3/c1-20-14-7-13(8-15(9-14)21-2)18-16(19)12-5-3-4-11(6-12)10-17/h3-9H,10H2,1-2H3,(H,18,19). The number of carbonyl (C=O) groups excluding carboxylic acids is 1. The van der Waals surface area contributed by atoms with E-state index in [0.717, 1.165) is 5.56 Å². The van der Waals surface area contributed by atoms with Crippen molar-refractivity contribution < 1.29 is 14.3 Å². The Morgan fingerprint density at radius 3 is 2.33 bits per heavy atom. The second kappa shape index (κ2) is 6.99. The van der Waals surface area contributed by atoms with Crippen LogP contribution in [-0.2, 0) is 5.88 Å². The molecule has 0 unspecified atom stereocenters. The summed E-state index contributed by atoms with van der Waals surface area (Å²) in [5.74, 6) is 1.38. The molecule has 0 aliphatic rings. The molecule has 0 heterocycles. The maximum Gasteiger partial charge on any atom is 0.255 e. The number of methoxy groups -OCH3 is 2. The third-order valence-corrected chi connectivity index (χ3v) is 3.26. The molecule has 0 fully saturated rings. The van der Waals surface area contributed by atoms with E-state index in [1.165, 1.54) is 0 Å². The van der Waals surface area contributed by atoms with Gasteiger partial charge in [0, 0.05) is 35.3 Å². The molecule has 0 aromatic heterocycles. The predicted octanol–water partition coefficient (Wildman–Crippen LogP) is 3.69. The maximum absolute atomic E-state index is 12.2. The summed E-state index contributed by atoms with van der Waals surface area (Å²) in [6.45, 7) is 0. The van der Waals surface area contributed by atoms with E-state index in [1.54, 1.807) is 50.6 Å². The van der Waals surface area contributed by atoms with Crippen LogP contribution in [0.2, 0.25) is 0 Å². The summed E-state index contributed by atoms with van der Waals surface area (Å²) in [4.78, 5) is 12.2. The van der Waals surface area contributed by atoms with Gasteiger partial charge in [0.15, 0.2) is 0 Å². The van der Waals surface area contributed by atoms with Crippen molar-refractivity contribution in [1.29, 1.82) is 0 Å². The van der Waals surface area contributed by atoms with Crippen LogP contribution in [0.5, 0.6) is 11.5 Å². The lowest BCUT2D eigenvalue weighted by atomic mass is 10.1. The van der Waals surface area contributed by atoms with Crippen molar-refractivity contribution in [2.75, 3.05) is 19.5 Å². The fourth-order valence-corrected chi connectivity index (χ4v) is 2.04. The summed E-state index contributed by atoms with van der Waals surface area (Å²) < 4.78 is 10.3. The number of halogens is 1. The Hall–Kier alpha value is -2.20. The van der Waals surface area contributed by atoms with Crippen LogP contribution in [0.4, 0.5) is 5.69 Å². The lowest BCUT2D eigenvalue weighted by molar-refractivity contribution is 0.102. The predicted molar refractivity (Wildman–Crippen MR) is 83.5 cm³/mol. The van der Waals surface area contributed by atoms with E-state index < -0.39 is 0 Å². The highest BCUT2D eigenvalue weighted by Crippen LogP contribution is 2.26. The minimum Gasteiger partial charge on any atom is -0.497 e. The number of hydrogen-bond acceptors (Lipinski definition) is 3. The Kier molecular flexibility index (Phi) is 5.06. The Morgan fingerprint density at radius 2 is 1.76 bits per heavy atom. The van der Waals surface area contributed by atoms with Crippen molar-refractivity contribution in [2.45, 2.75) is 5.88 Å². The molecule has 21 heavy (non-hydrogen) atoms. The van der Waals surface area contributed by atoms with Crippen LogP contribution in [0.3, 0.4) is 0 Å². The van der Waals surface area contributed by atoms with E-state index in [4.69, 9.17) is 21.1 Å². The fraction of sp³-hybridized carbons (Fsp3) is 0.188. The summed E-state index contributed by atoms with van der Waals surface area (Å²) in [5, 5.41) is 2.82.